The monoisotopic (exact) mass is 237 g/mol. The van der Waals surface area contributed by atoms with Crippen molar-refractivity contribution in [3.8, 4) is 6.07 Å². The van der Waals surface area contributed by atoms with Gasteiger partial charge in [-0.2, -0.15) is 5.26 Å². The quantitative estimate of drug-likeness (QED) is 0.739. The summed E-state index contributed by atoms with van der Waals surface area (Å²) in [5, 5.41) is 12.5. The molecule has 0 bridgehead atoms. The predicted octanol–water partition coefficient (Wildman–Crippen LogP) is 2.53. The van der Waals surface area contributed by atoms with Crippen LogP contribution in [0.2, 0.25) is 0 Å². The third-order valence-corrected chi connectivity index (χ3v) is 3.96. The minimum atomic E-state index is -0.360. The third kappa shape index (κ3) is 4.29. The maximum Gasteiger partial charge on any atom is 0.105 e. The first-order valence-corrected chi connectivity index (χ1v) is 7.05. The maximum absolute atomic E-state index is 9.24. The normalized spacial score (nSPS) is 20.4. The Balaban J connectivity index is 2.43. The van der Waals surface area contributed by atoms with Crippen LogP contribution in [-0.4, -0.2) is 36.1 Å². The van der Waals surface area contributed by atoms with Crippen LogP contribution in [0, 0.1) is 11.3 Å². The Morgan fingerprint density at radius 3 is 2.47 bits per heavy atom. The number of nitrogens with one attached hydrogen (secondary N) is 1. The summed E-state index contributed by atoms with van der Waals surface area (Å²) in [6.07, 6.45) is 6.37. The molecule has 17 heavy (non-hydrogen) atoms. The SMILES string of the molecule is CCNC(C)(C#N)CCN(CC)C1CCCC1. The molecular formula is C14H27N3. The van der Waals surface area contributed by atoms with Gasteiger partial charge >= 0.3 is 0 Å². The lowest BCUT2D eigenvalue weighted by Gasteiger charge is -2.31. The van der Waals surface area contributed by atoms with Crippen molar-refractivity contribution in [1.29, 1.82) is 5.26 Å². The molecule has 1 fully saturated rings. The van der Waals surface area contributed by atoms with Crippen molar-refractivity contribution in [3.63, 3.8) is 0 Å². The summed E-state index contributed by atoms with van der Waals surface area (Å²) >= 11 is 0. The Hall–Kier alpha value is -0.590. The molecule has 0 heterocycles. The zero-order valence-corrected chi connectivity index (χ0v) is 11.6. The highest BCUT2D eigenvalue weighted by atomic mass is 15.2. The van der Waals surface area contributed by atoms with Crippen LogP contribution in [0.15, 0.2) is 0 Å². The molecule has 0 amide bonds. The summed E-state index contributed by atoms with van der Waals surface area (Å²) in [5.41, 5.74) is -0.360. The molecule has 1 atom stereocenters. The number of nitrogens with zero attached hydrogens (tertiary/aromatic N) is 2. The smallest absolute Gasteiger partial charge is 0.105 e. The van der Waals surface area contributed by atoms with Gasteiger partial charge in [0, 0.05) is 12.6 Å². The first kappa shape index (κ1) is 14.5. The topological polar surface area (TPSA) is 39.1 Å². The lowest BCUT2D eigenvalue weighted by atomic mass is 9.99. The van der Waals surface area contributed by atoms with Crippen LogP contribution in [0.1, 0.15) is 52.9 Å². The predicted molar refractivity (Wildman–Crippen MR) is 71.8 cm³/mol. The number of hydrogen-bond acceptors (Lipinski definition) is 3. The molecule has 3 heteroatoms. The average molecular weight is 237 g/mol. The van der Waals surface area contributed by atoms with E-state index >= 15 is 0 Å². The fourth-order valence-corrected chi connectivity index (χ4v) is 2.81. The maximum atomic E-state index is 9.24. The zero-order valence-electron chi connectivity index (χ0n) is 11.6. The van der Waals surface area contributed by atoms with Gasteiger partial charge in [-0.05, 0) is 39.3 Å². The van der Waals surface area contributed by atoms with E-state index < -0.39 is 0 Å². The van der Waals surface area contributed by atoms with Crippen LogP contribution in [0.25, 0.3) is 0 Å². The van der Waals surface area contributed by atoms with E-state index in [1.807, 2.05) is 6.92 Å². The van der Waals surface area contributed by atoms with Crippen molar-refractivity contribution >= 4 is 0 Å². The molecule has 0 radical (unpaired) electrons. The number of nitriles is 1. The largest absolute Gasteiger partial charge is 0.301 e. The average Bonchev–Trinajstić information content (AvgIpc) is 2.84. The molecule has 1 saturated carbocycles. The molecule has 0 aliphatic heterocycles. The van der Waals surface area contributed by atoms with Crippen LogP contribution in [0.5, 0.6) is 0 Å². The Labute approximate surface area is 106 Å². The number of rotatable bonds is 7. The van der Waals surface area contributed by atoms with Gasteiger partial charge in [0.25, 0.3) is 0 Å². The summed E-state index contributed by atoms with van der Waals surface area (Å²) in [6, 6.07) is 3.18. The van der Waals surface area contributed by atoms with E-state index in [9.17, 15) is 5.26 Å². The highest BCUT2D eigenvalue weighted by molar-refractivity contribution is 5.04. The van der Waals surface area contributed by atoms with Crippen molar-refractivity contribution in [1.82, 2.24) is 10.2 Å². The van der Waals surface area contributed by atoms with Gasteiger partial charge in [0.05, 0.1) is 6.07 Å². The first-order chi connectivity index (χ1) is 8.15. The molecule has 0 saturated heterocycles. The highest BCUT2D eigenvalue weighted by Gasteiger charge is 2.26. The second-order valence-corrected chi connectivity index (χ2v) is 5.29. The van der Waals surface area contributed by atoms with Gasteiger partial charge in [-0.25, -0.2) is 0 Å². The van der Waals surface area contributed by atoms with E-state index in [4.69, 9.17) is 0 Å². The minimum absolute atomic E-state index is 0.360. The molecule has 1 unspecified atom stereocenters. The van der Waals surface area contributed by atoms with Crippen molar-refractivity contribution in [2.24, 2.45) is 0 Å². The van der Waals surface area contributed by atoms with Crippen LogP contribution >= 0.6 is 0 Å². The lowest BCUT2D eigenvalue weighted by molar-refractivity contribution is 0.191. The fourth-order valence-electron chi connectivity index (χ4n) is 2.81. The van der Waals surface area contributed by atoms with Gasteiger partial charge in [-0.15, -0.1) is 0 Å². The van der Waals surface area contributed by atoms with Crippen molar-refractivity contribution < 1.29 is 0 Å². The summed E-state index contributed by atoms with van der Waals surface area (Å²) < 4.78 is 0. The molecule has 0 aromatic rings. The molecular weight excluding hydrogens is 210 g/mol. The van der Waals surface area contributed by atoms with Gasteiger partial charge in [0.2, 0.25) is 0 Å². The molecule has 0 spiro atoms. The van der Waals surface area contributed by atoms with Crippen molar-refractivity contribution in [2.75, 3.05) is 19.6 Å². The molecule has 1 N–H and O–H groups in total. The van der Waals surface area contributed by atoms with Crippen LogP contribution in [0.4, 0.5) is 0 Å². The summed E-state index contributed by atoms with van der Waals surface area (Å²) in [4.78, 5) is 2.56. The molecule has 0 aromatic heterocycles. The van der Waals surface area contributed by atoms with E-state index in [0.717, 1.165) is 32.1 Å². The molecule has 1 aliphatic rings. The van der Waals surface area contributed by atoms with Crippen LogP contribution in [0.3, 0.4) is 0 Å². The Bertz CT molecular complexity index is 253. The summed E-state index contributed by atoms with van der Waals surface area (Å²) in [5.74, 6) is 0. The molecule has 98 valence electrons. The van der Waals surface area contributed by atoms with Crippen LogP contribution < -0.4 is 5.32 Å². The summed E-state index contributed by atoms with van der Waals surface area (Å²) in [7, 11) is 0. The van der Waals surface area contributed by atoms with E-state index in [-0.39, 0.29) is 5.54 Å². The molecule has 1 aliphatic carbocycles. The van der Waals surface area contributed by atoms with Crippen molar-refractivity contribution in [3.05, 3.63) is 0 Å². The van der Waals surface area contributed by atoms with Crippen LogP contribution in [-0.2, 0) is 0 Å². The van der Waals surface area contributed by atoms with Gasteiger partial charge in [0.1, 0.15) is 5.54 Å². The zero-order chi connectivity index (χ0) is 12.7. The van der Waals surface area contributed by atoms with E-state index in [1.54, 1.807) is 0 Å². The van der Waals surface area contributed by atoms with Crippen molar-refractivity contribution in [2.45, 2.75) is 64.5 Å². The van der Waals surface area contributed by atoms with E-state index in [0.29, 0.717) is 0 Å². The molecule has 1 rings (SSSR count). The van der Waals surface area contributed by atoms with E-state index in [1.165, 1.54) is 25.7 Å². The summed E-state index contributed by atoms with van der Waals surface area (Å²) in [6.45, 7) is 9.31. The molecule has 0 aromatic carbocycles. The number of hydrogen-bond donors (Lipinski definition) is 1. The van der Waals surface area contributed by atoms with Gasteiger partial charge in [-0.3, -0.25) is 5.32 Å². The van der Waals surface area contributed by atoms with Gasteiger partial charge in [-0.1, -0.05) is 26.7 Å². The second-order valence-electron chi connectivity index (χ2n) is 5.29. The standard InChI is InChI=1S/C14H27N3/c1-4-16-14(3,12-15)10-11-17(5-2)13-8-6-7-9-13/h13,16H,4-11H2,1-3H3. The third-order valence-electron chi connectivity index (χ3n) is 3.96. The Morgan fingerprint density at radius 1 is 1.35 bits per heavy atom. The van der Waals surface area contributed by atoms with E-state index in [2.05, 4.69) is 30.1 Å². The molecule has 3 nitrogen and oxygen atoms in total. The van der Waals surface area contributed by atoms with Gasteiger partial charge in [0.15, 0.2) is 0 Å². The lowest BCUT2D eigenvalue weighted by Crippen LogP contribution is -2.45. The minimum Gasteiger partial charge on any atom is -0.301 e. The Morgan fingerprint density at radius 2 is 2.00 bits per heavy atom. The Kier molecular flexibility index (Phi) is 5.94. The highest BCUT2D eigenvalue weighted by Crippen LogP contribution is 2.24. The fraction of sp³-hybridized carbons (Fsp3) is 0.929. The van der Waals surface area contributed by atoms with Gasteiger partial charge < -0.3 is 4.90 Å². The first-order valence-electron chi connectivity index (χ1n) is 7.05. The second kappa shape index (κ2) is 6.98.